The normalized spacial score (nSPS) is 18.8. The van der Waals surface area contributed by atoms with Gasteiger partial charge in [0, 0.05) is 19.1 Å². The zero-order valence-electron chi connectivity index (χ0n) is 23.0. The van der Waals surface area contributed by atoms with E-state index < -0.39 is 6.29 Å². The summed E-state index contributed by atoms with van der Waals surface area (Å²) in [6.07, 6.45) is 10.2. The number of hydrogen-bond donors (Lipinski definition) is 3. The van der Waals surface area contributed by atoms with Gasteiger partial charge in [0.05, 0.1) is 6.61 Å². The Morgan fingerprint density at radius 2 is 1.70 bits per heavy atom. The summed E-state index contributed by atoms with van der Waals surface area (Å²) in [5.41, 5.74) is 7.46. The van der Waals surface area contributed by atoms with E-state index in [2.05, 4.69) is 56.0 Å². The van der Waals surface area contributed by atoms with Crippen LogP contribution in [0.1, 0.15) is 87.8 Å². The molecule has 0 aromatic heterocycles. The monoisotopic (exact) mass is 508 g/mol. The van der Waals surface area contributed by atoms with E-state index in [0.717, 1.165) is 38.0 Å². The molecule has 1 fully saturated rings. The van der Waals surface area contributed by atoms with E-state index in [-0.39, 0.29) is 19.1 Å². The molecule has 4 nitrogen and oxygen atoms in total. The van der Waals surface area contributed by atoms with Crippen molar-refractivity contribution in [2.45, 2.75) is 90.3 Å². The first-order chi connectivity index (χ1) is 17.9. The van der Waals surface area contributed by atoms with Crippen LogP contribution in [0.5, 0.6) is 0 Å². The Hall–Kier alpha value is -1.98. The van der Waals surface area contributed by atoms with Gasteiger partial charge in [-0.3, -0.25) is 0 Å². The lowest BCUT2D eigenvalue weighted by Crippen LogP contribution is -2.16. The lowest BCUT2D eigenvalue weighted by Gasteiger charge is -2.29. The van der Waals surface area contributed by atoms with Gasteiger partial charge in [-0.25, -0.2) is 0 Å². The number of hydrogen-bond acceptors (Lipinski definition) is 4. The van der Waals surface area contributed by atoms with Crippen LogP contribution in [0.4, 0.5) is 0 Å². The van der Waals surface area contributed by atoms with E-state index >= 15 is 0 Å². The van der Waals surface area contributed by atoms with Crippen LogP contribution >= 0.6 is 0 Å². The van der Waals surface area contributed by atoms with Crippen LogP contribution in [-0.4, -0.2) is 41.4 Å². The second-order valence-corrected chi connectivity index (χ2v) is 11.0. The van der Waals surface area contributed by atoms with Gasteiger partial charge in [-0.15, -0.1) is 0 Å². The Bertz CT molecular complexity index is 939. The van der Waals surface area contributed by atoms with E-state index in [0.29, 0.717) is 18.1 Å². The fourth-order valence-corrected chi connectivity index (χ4v) is 5.64. The predicted molar refractivity (Wildman–Crippen MR) is 153 cm³/mol. The number of aliphatic hydroxyl groups excluding tert-OH is 3. The summed E-state index contributed by atoms with van der Waals surface area (Å²) in [7, 11) is 0. The molecule has 37 heavy (non-hydrogen) atoms. The van der Waals surface area contributed by atoms with Crippen molar-refractivity contribution < 1.29 is 20.1 Å². The van der Waals surface area contributed by atoms with E-state index in [4.69, 9.17) is 4.74 Å². The number of ether oxygens (including phenoxy) is 1. The Balaban J connectivity index is 1.49. The molecule has 0 bridgehead atoms. The zero-order valence-corrected chi connectivity index (χ0v) is 23.0. The van der Waals surface area contributed by atoms with Crippen molar-refractivity contribution in [1.82, 2.24) is 0 Å². The quantitative estimate of drug-likeness (QED) is 0.140. The highest BCUT2D eigenvalue weighted by atomic mass is 16.6. The van der Waals surface area contributed by atoms with Crippen LogP contribution in [0.3, 0.4) is 0 Å². The smallest absolute Gasteiger partial charge is 0.176 e. The summed E-state index contributed by atoms with van der Waals surface area (Å²) >= 11 is 0. The van der Waals surface area contributed by atoms with Gasteiger partial charge in [0.15, 0.2) is 6.29 Å². The first-order valence-corrected chi connectivity index (χ1v) is 14.3. The topological polar surface area (TPSA) is 69.9 Å². The fourth-order valence-electron chi connectivity index (χ4n) is 5.64. The minimum atomic E-state index is -0.826. The average molecular weight is 509 g/mol. The zero-order chi connectivity index (χ0) is 26.6. The summed E-state index contributed by atoms with van der Waals surface area (Å²) in [6, 6.07) is 16.1. The molecule has 0 aliphatic heterocycles. The molecule has 3 rings (SSSR count). The third-order valence-electron chi connectivity index (χ3n) is 8.14. The van der Waals surface area contributed by atoms with Gasteiger partial charge in [0.1, 0.15) is 0 Å². The van der Waals surface area contributed by atoms with Crippen molar-refractivity contribution in [2.24, 2.45) is 11.8 Å². The van der Waals surface area contributed by atoms with Crippen LogP contribution in [0.15, 0.2) is 54.6 Å². The highest BCUT2D eigenvalue weighted by molar-refractivity contribution is 5.68. The molecular formula is C33H48O4. The van der Waals surface area contributed by atoms with Gasteiger partial charge in [0.25, 0.3) is 0 Å². The summed E-state index contributed by atoms with van der Waals surface area (Å²) in [5.74, 6) is 1.42. The molecule has 1 atom stereocenters. The molecule has 4 heteroatoms. The van der Waals surface area contributed by atoms with Gasteiger partial charge >= 0.3 is 0 Å². The largest absolute Gasteiger partial charge is 0.396 e. The second-order valence-electron chi connectivity index (χ2n) is 11.0. The highest BCUT2D eigenvalue weighted by Gasteiger charge is 2.22. The molecular weight excluding hydrogens is 460 g/mol. The Kier molecular flexibility index (Phi) is 12.3. The fraction of sp³-hybridized carbons (Fsp3) is 0.576. The summed E-state index contributed by atoms with van der Waals surface area (Å²) in [5, 5.41) is 28.2. The third kappa shape index (κ3) is 9.07. The van der Waals surface area contributed by atoms with Gasteiger partial charge in [0.2, 0.25) is 0 Å². The maximum atomic E-state index is 9.69. The molecule has 3 N–H and O–H groups in total. The molecule has 0 amide bonds. The summed E-state index contributed by atoms with van der Waals surface area (Å²) in [4.78, 5) is 0. The number of rotatable bonds is 15. The van der Waals surface area contributed by atoms with Crippen molar-refractivity contribution >= 4 is 0 Å². The van der Waals surface area contributed by atoms with Crippen molar-refractivity contribution in [3.63, 3.8) is 0 Å². The van der Waals surface area contributed by atoms with Crippen molar-refractivity contribution in [3.8, 4) is 11.1 Å². The first kappa shape index (κ1) is 29.6. The Morgan fingerprint density at radius 3 is 2.32 bits per heavy atom. The number of aryl methyl sites for hydroxylation is 2. The van der Waals surface area contributed by atoms with Gasteiger partial charge < -0.3 is 20.1 Å². The standard InChI is InChI=1S/C33H48O4/c1-4-28-21-26(7-5-8-27(22-34)23-35)12-19-32(28)31-17-15-30(16-18-31)29-13-10-25(11-14-29)9-6-20-37-33(36)24(2)3/h12,15-19,21,25,27,29,33-36H,2,4-11,13-14,20,22-23H2,1,3H3. The van der Waals surface area contributed by atoms with Gasteiger partial charge in [-0.2, -0.15) is 0 Å². The lowest BCUT2D eigenvalue weighted by molar-refractivity contribution is -0.0735. The van der Waals surface area contributed by atoms with E-state index in [1.807, 2.05) is 0 Å². The van der Waals surface area contributed by atoms with Crippen LogP contribution in [0.2, 0.25) is 0 Å². The minimum Gasteiger partial charge on any atom is -0.396 e. The predicted octanol–water partition coefficient (Wildman–Crippen LogP) is 6.80. The van der Waals surface area contributed by atoms with Crippen molar-refractivity contribution in [2.75, 3.05) is 19.8 Å². The van der Waals surface area contributed by atoms with Crippen LogP contribution < -0.4 is 0 Å². The van der Waals surface area contributed by atoms with E-state index in [9.17, 15) is 15.3 Å². The van der Waals surface area contributed by atoms with Crippen molar-refractivity contribution in [1.29, 1.82) is 0 Å². The molecule has 0 saturated heterocycles. The van der Waals surface area contributed by atoms with Crippen molar-refractivity contribution in [3.05, 3.63) is 71.3 Å². The minimum absolute atomic E-state index is 0.000136. The number of benzene rings is 2. The molecule has 2 aromatic carbocycles. The molecule has 1 aliphatic rings. The van der Waals surface area contributed by atoms with Crippen LogP contribution in [0.25, 0.3) is 11.1 Å². The molecule has 0 spiro atoms. The Morgan fingerprint density at radius 1 is 1.00 bits per heavy atom. The molecule has 1 unspecified atom stereocenters. The maximum Gasteiger partial charge on any atom is 0.176 e. The Labute approximate surface area is 224 Å². The van der Waals surface area contributed by atoms with Gasteiger partial charge in [-0.1, -0.05) is 56.0 Å². The second kappa shape index (κ2) is 15.4. The molecule has 0 radical (unpaired) electrons. The van der Waals surface area contributed by atoms with Crippen LogP contribution in [-0.2, 0) is 17.6 Å². The molecule has 0 heterocycles. The molecule has 204 valence electrons. The van der Waals surface area contributed by atoms with Crippen LogP contribution in [0, 0.1) is 11.8 Å². The summed E-state index contributed by atoms with van der Waals surface area (Å²) in [6.45, 7) is 8.46. The molecule has 2 aromatic rings. The third-order valence-corrected chi connectivity index (χ3v) is 8.14. The van der Waals surface area contributed by atoms with E-state index in [1.54, 1.807) is 6.92 Å². The molecule has 1 saturated carbocycles. The number of aliphatic hydroxyl groups is 3. The highest BCUT2D eigenvalue weighted by Crippen LogP contribution is 2.38. The average Bonchev–Trinajstić information content (AvgIpc) is 2.93. The molecule has 1 aliphatic carbocycles. The summed E-state index contributed by atoms with van der Waals surface area (Å²) < 4.78 is 5.43. The van der Waals surface area contributed by atoms with Gasteiger partial charge in [-0.05, 0) is 116 Å². The lowest BCUT2D eigenvalue weighted by atomic mass is 9.77. The van der Waals surface area contributed by atoms with E-state index in [1.165, 1.54) is 59.9 Å². The maximum absolute atomic E-state index is 9.69. The first-order valence-electron chi connectivity index (χ1n) is 14.3. The SMILES string of the molecule is C=C(C)C(O)OCCCC1CCC(c2ccc(-c3ccc(CCCC(CO)CO)cc3CC)cc2)CC1.